The molecule has 14 nitrogen and oxygen atoms in total. The molecule has 0 spiro atoms. The van der Waals surface area contributed by atoms with Gasteiger partial charge in [0.15, 0.2) is 23.3 Å². The second kappa shape index (κ2) is 26.2. The highest BCUT2D eigenvalue weighted by atomic mass is 15.2. The molecule has 0 aliphatic rings. The quantitative estimate of drug-likeness (QED) is 0.121. The molecule has 10 aromatic heterocycles. The van der Waals surface area contributed by atoms with Crippen LogP contribution in [0.5, 0.6) is 0 Å². The van der Waals surface area contributed by atoms with Crippen LogP contribution in [0, 0.1) is 0 Å². The lowest BCUT2D eigenvalue weighted by atomic mass is 10.0. The number of rotatable bonds is 10. The number of para-hydroxylation sites is 4. The first-order valence-corrected chi connectivity index (χ1v) is 37.3. The fourth-order valence-electron chi connectivity index (χ4n) is 16.4. The van der Waals surface area contributed by atoms with E-state index in [2.05, 4.69) is 305 Å². The lowest BCUT2D eigenvalue weighted by molar-refractivity contribution is 0.943. The Morgan fingerprint density at radius 1 is 0.170 bits per heavy atom. The van der Waals surface area contributed by atoms with Gasteiger partial charge in [-0.05, 0) is 200 Å². The highest BCUT2D eigenvalue weighted by molar-refractivity contribution is 6.16. The van der Waals surface area contributed by atoms with Crippen LogP contribution in [0.25, 0.3) is 211 Å². The van der Waals surface area contributed by atoms with Gasteiger partial charge in [-0.3, -0.25) is 29.1 Å². The summed E-state index contributed by atoms with van der Waals surface area (Å²) >= 11 is 0. The zero-order valence-electron chi connectivity index (χ0n) is 59.9. The molecule has 23 aromatic rings. The molecule has 14 heteroatoms. The second-order valence-electron chi connectivity index (χ2n) is 28.0. The van der Waals surface area contributed by atoms with Gasteiger partial charge in [0.2, 0.25) is 11.9 Å². The highest BCUT2D eigenvalue weighted by Crippen LogP contribution is 2.43. The van der Waals surface area contributed by atoms with Crippen molar-refractivity contribution in [2.24, 2.45) is 0 Å². The first kappa shape index (κ1) is 63.7. The summed E-state index contributed by atoms with van der Waals surface area (Å²) in [6.45, 7) is 0. The molecule has 0 unspecified atom stereocenters. The largest absolute Gasteiger partial charge is 0.309 e. The molecular formula is C98H60N14. The van der Waals surface area contributed by atoms with Gasteiger partial charge in [0.1, 0.15) is 22.8 Å². The number of hydrogen-bond donors (Lipinski definition) is 0. The van der Waals surface area contributed by atoms with Crippen molar-refractivity contribution in [3.05, 3.63) is 365 Å². The zero-order valence-corrected chi connectivity index (χ0v) is 59.9. The van der Waals surface area contributed by atoms with E-state index in [1.54, 1.807) is 24.8 Å². The molecule has 0 atom stereocenters. The van der Waals surface area contributed by atoms with Crippen LogP contribution < -0.4 is 0 Å². The van der Waals surface area contributed by atoms with E-state index in [1.807, 2.05) is 72.8 Å². The molecule has 0 saturated carbocycles. The van der Waals surface area contributed by atoms with E-state index in [9.17, 15) is 0 Å². The molecule has 0 fully saturated rings. The monoisotopic (exact) mass is 1430 g/mol. The van der Waals surface area contributed by atoms with E-state index in [0.29, 0.717) is 58.0 Å². The smallest absolute Gasteiger partial charge is 0.238 e. The van der Waals surface area contributed by atoms with Crippen molar-refractivity contribution in [2.75, 3.05) is 0 Å². The van der Waals surface area contributed by atoms with Crippen molar-refractivity contribution in [3.63, 3.8) is 0 Å². The van der Waals surface area contributed by atoms with Crippen LogP contribution in [0.1, 0.15) is 0 Å². The molecule has 0 bridgehead atoms. The van der Waals surface area contributed by atoms with Gasteiger partial charge in [0.25, 0.3) is 0 Å². The summed E-state index contributed by atoms with van der Waals surface area (Å²) in [5, 5.41) is 16.8. The Morgan fingerprint density at radius 3 is 0.848 bits per heavy atom. The lowest BCUT2D eigenvalue weighted by Gasteiger charge is -2.11. The van der Waals surface area contributed by atoms with Crippen LogP contribution >= 0.6 is 0 Å². The second-order valence-corrected chi connectivity index (χ2v) is 28.0. The van der Waals surface area contributed by atoms with Crippen LogP contribution in [0.4, 0.5) is 0 Å². The number of aromatic nitrogens is 14. The van der Waals surface area contributed by atoms with Crippen LogP contribution in [-0.4, -0.2) is 68.1 Å². The third-order valence-electron chi connectivity index (χ3n) is 21.6. The average Bonchev–Trinajstić information content (AvgIpc) is 1.59. The van der Waals surface area contributed by atoms with Crippen LogP contribution in [0.3, 0.4) is 0 Å². The topological polar surface area (TPSA) is 149 Å². The Balaban J connectivity index is 0.000000138. The minimum absolute atomic E-state index is 0.485. The molecule has 10 heterocycles. The molecule has 522 valence electrons. The molecule has 23 rings (SSSR count). The Bertz CT molecular complexity index is 7590. The molecule has 0 amide bonds. The third-order valence-corrected chi connectivity index (χ3v) is 21.6. The van der Waals surface area contributed by atoms with Gasteiger partial charge in [-0.25, -0.2) is 9.97 Å². The predicted molar refractivity (Wildman–Crippen MR) is 453 cm³/mol. The van der Waals surface area contributed by atoms with E-state index in [4.69, 9.17) is 29.9 Å². The standard InChI is InChI=1S/C51H31N7.C47H29N7/c1-2-12-37-32(11-1)19-20-35-29-36(23-24-38(35)37)57-45-17-5-3-13-39(45)41-30-33(21-25-47(41)57)34-22-26-48-42(31-34)40-14-4-6-18-46(40)58(48)51-55-49(43-15-7-9-27-52-43)54-50(56-51)44-16-8-10-28-53-44;1-2-12-31-27-34(22-19-30(31)11-1)53-41-17-5-3-13-35(41)37-28-32(20-23-43(37)53)33-21-24-44-38(29-33)36-14-4-6-18-42(36)54(44)47-51-45(39-15-7-9-25-48-39)50-46(52-47)40-16-8-10-26-49-40/h1-31H;1-29H. The van der Waals surface area contributed by atoms with E-state index in [1.165, 1.54) is 75.9 Å². The van der Waals surface area contributed by atoms with E-state index in [-0.39, 0.29) is 0 Å². The molecule has 0 saturated heterocycles. The fraction of sp³-hybridized carbons (Fsp3) is 0. The van der Waals surface area contributed by atoms with E-state index in [0.717, 1.165) is 77.2 Å². The SMILES string of the molecule is c1ccc(-c2nc(-c3ccccn3)nc(-n3c4ccccc4c4cc(-c5ccc6c(c5)c5ccccc5n6-c5ccc6c(ccc7ccccc76)c5)ccc43)n2)nc1.c1ccc(-c2nc(-c3ccccn3)nc(-n3c4ccccc4c4cc(-c5ccc6c(c5)c5ccccc5n6-c5ccc6ccccc6c5)ccc43)n2)nc1. The molecule has 0 N–H and O–H groups in total. The molecule has 0 radical (unpaired) electrons. The van der Waals surface area contributed by atoms with Gasteiger partial charge in [-0.2, -0.15) is 19.9 Å². The van der Waals surface area contributed by atoms with Crippen LogP contribution in [-0.2, 0) is 0 Å². The third kappa shape index (κ3) is 10.7. The maximum atomic E-state index is 5.02. The Labute approximate surface area is 639 Å². The Hall–Kier alpha value is -15.5. The average molecular weight is 1430 g/mol. The maximum absolute atomic E-state index is 5.02. The Kier molecular flexibility index (Phi) is 14.9. The first-order chi connectivity index (χ1) is 55.5. The lowest BCUT2D eigenvalue weighted by Crippen LogP contribution is -2.07. The summed E-state index contributed by atoms with van der Waals surface area (Å²) in [6, 6.07) is 119. The number of benzene rings is 13. The maximum Gasteiger partial charge on any atom is 0.238 e. The Morgan fingerprint density at radius 2 is 0.455 bits per heavy atom. The zero-order chi connectivity index (χ0) is 73.7. The fourth-order valence-corrected chi connectivity index (χ4v) is 16.4. The summed E-state index contributed by atoms with van der Waals surface area (Å²) in [5.41, 5.74) is 18.2. The van der Waals surface area contributed by atoms with E-state index >= 15 is 0 Å². The van der Waals surface area contributed by atoms with Crippen molar-refractivity contribution < 1.29 is 0 Å². The van der Waals surface area contributed by atoms with E-state index < -0.39 is 0 Å². The van der Waals surface area contributed by atoms with Crippen molar-refractivity contribution >= 4 is 120 Å². The van der Waals surface area contributed by atoms with Gasteiger partial charge >= 0.3 is 0 Å². The molecule has 112 heavy (non-hydrogen) atoms. The highest BCUT2D eigenvalue weighted by Gasteiger charge is 2.24. The summed E-state index contributed by atoms with van der Waals surface area (Å²) in [4.78, 5) is 48.0. The van der Waals surface area contributed by atoms with Gasteiger partial charge in [-0.15, -0.1) is 0 Å². The van der Waals surface area contributed by atoms with Crippen LogP contribution in [0.15, 0.2) is 365 Å². The minimum Gasteiger partial charge on any atom is -0.309 e. The summed E-state index contributed by atoms with van der Waals surface area (Å²) < 4.78 is 9.02. The van der Waals surface area contributed by atoms with Gasteiger partial charge in [0.05, 0.1) is 44.1 Å². The summed E-state index contributed by atoms with van der Waals surface area (Å²) in [6.07, 6.45) is 7.00. The van der Waals surface area contributed by atoms with Crippen molar-refractivity contribution in [1.82, 2.24) is 68.1 Å². The first-order valence-electron chi connectivity index (χ1n) is 37.3. The number of nitrogens with zero attached hydrogens (tertiary/aromatic N) is 14. The van der Waals surface area contributed by atoms with Crippen molar-refractivity contribution in [2.45, 2.75) is 0 Å². The van der Waals surface area contributed by atoms with Crippen LogP contribution in [0.2, 0.25) is 0 Å². The number of hydrogen-bond acceptors (Lipinski definition) is 10. The van der Waals surface area contributed by atoms with Crippen molar-refractivity contribution in [1.29, 1.82) is 0 Å². The van der Waals surface area contributed by atoms with Gasteiger partial charge in [0, 0.05) is 79.3 Å². The summed E-state index contributed by atoms with van der Waals surface area (Å²) in [5.74, 6) is 2.95. The van der Waals surface area contributed by atoms with Gasteiger partial charge in [-0.1, -0.05) is 194 Å². The molecular weight excluding hydrogens is 1370 g/mol. The number of pyridine rings is 4. The normalized spacial score (nSPS) is 11.8. The van der Waals surface area contributed by atoms with Gasteiger partial charge < -0.3 is 9.13 Å². The summed E-state index contributed by atoms with van der Waals surface area (Å²) in [7, 11) is 0. The molecule has 13 aromatic carbocycles. The van der Waals surface area contributed by atoms with Crippen molar-refractivity contribution in [3.8, 4) is 91.6 Å². The minimum atomic E-state index is 0.485. The number of fused-ring (bicyclic) bond motifs is 16. The predicted octanol–water partition coefficient (Wildman–Crippen LogP) is 23.2. The molecule has 0 aliphatic heterocycles. The molecule has 0 aliphatic carbocycles.